The van der Waals surface area contributed by atoms with E-state index in [2.05, 4.69) is 0 Å². The largest absolute Gasteiger partial charge is 0.481 e. The minimum absolute atomic E-state index is 0.231. The van der Waals surface area contributed by atoms with Crippen molar-refractivity contribution >= 4 is 17.8 Å². The minimum atomic E-state index is -0.947. The lowest BCUT2D eigenvalue weighted by Gasteiger charge is -2.23. The molecular weight excluding hydrogens is 250 g/mol. The Morgan fingerprint density at radius 2 is 1.89 bits per heavy atom. The molecule has 106 valence electrons. The van der Waals surface area contributed by atoms with E-state index in [1.54, 1.807) is 13.8 Å². The molecule has 1 N–H and O–H groups in total. The summed E-state index contributed by atoms with van der Waals surface area (Å²) in [5.74, 6) is -2.78. The first-order valence-electron chi connectivity index (χ1n) is 6.43. The number of carbonyl (C=O) groups excluding carboxylic acids is 2. The molecule has 1 aliphatic heterocycles. The number of nitrogens with zero attached hydrogens (tertiary/aromatic N) is 1. The van der Waals surface area contributed by atoms with Gasteiger partial charge in [-0.05, 0) is 18.3 Å². The van der Waals surface area contributed by atoms with Gasteiger partial charge in [0.05, 0.1) is 18.9 Å². The van der Waals surface area contributed by atoms with Gasteiger partial charge in [0.15, 0.2) is 0 Å². The first-order chi connectivity index (χ1) is 8.82. The van der Waals surface area contributed by atoms with Crippen LogP contribution < -0.4 is 0 Å². The number of ether oxygens (including phenoxy) is 1. The molecule has 1 saturated carbocycles. The van der Waals surface area contributed by atoms with E-state index in [9.17, 15) is 14.4 Å². The molecule has 1 amide bonds. The van der Waals surface area contributed by atoms with E-state index in [0.717, 1.165) is 6.42 Å². The zero-order chi connectivity index (χ0) is 14.4. The molecule has 3 atom stereocenters. The molecule has 0 radical (unpaired) electrons. The maximum atomic E-state index is 12.4. The number of rotatable bonds is 3. The first kappa shape index (κ1) is 13.8. The normalized spacial score (nSPS) is 31.9. The Labute approximate surface area is 111 Å². The number of esters is 1. The monoisotopic (exact) mass is 269 g/mol. The molecule has 2 rings (SSSR count). The Morgan fingerprint density at radius 3 is 2.37 bits per heavy atom. The molecule has 0 bridgehead atoms. The summed E-state index contributed by atoms with van der Waals surface area (Å²) in [7, 11) is 1.30. The summed E-state index contributed by atoms with van der Waals surface area (Å²) >= 11 is 0. The highest BCUT2D eigenvalue weighted by Gasteiger charge is 2.67. The highest BCUT2D eigenvalue weighted by atomic mass is 16.5. The van der Waals surface area contributed by atoms with Crippen LogP contribution in [0.4, 0.5) is 0 Å². The lowest BCUT2D eigenvalue weighted by atomic mass is 10.1. The van der Waals surface area contributed by atoms with Crippen molar-refractivity contribution in [1.82, 2.24) is 4.90 Å². The summed E-state index contributed by atoms with van der Waals surface area (Å²) in [6, 6.07) is -0.552. The van der Waals surface area contributed by atoms with Crippen molar-refractivity contribution in [2.24, 2.45) is 17.3 Å². The van der Waals surface area contributed by atoms with E-state index >= 15 is 0 Å². The van der Waals surface area contributed by atoms with Crippen molar-refractivity contribution < 1.29 is 24.2 Å². The number of carbonyl (C=O) groups is 3. The van der Waals surface area contributed by atoms with Crippen LogP contribution in [0.25, 0.3) is 0 Å². The SMILES string of the molecule is COC(=O)C1CCCN1C(=O)C1C(C(=O)O)C1(C)C. The van der Waals surface area contributed by atoms with Crippen LogP contribution in [0.1, 0.15) is 26.7 Å². The summed E-state index contributed by atoms with van der Waals surface area (Å²) in [5, 5.41) is 9.11. The average molecular weight is 269 g/mol. The van der Waals surface area contributed by atoms with Gasteiger partial charge in [0.2, 0.25) is 5.91 Å². The predicted molar refractivity (Wildman–Crippen MR) is 65.1 cm³/mol. The van der Waals surface area contributed by atoms with Crippen LogP contribution >= 0.6 is 0 Å². The van der Waals surface area contributed by atoms with Crippen molar-refractivity contribution in [3.8, 4) is 0 Å². The minimum Gasteiger partial charge on any atom is -0.481 e. The average Bonchev–Trinajstić information content (AvgIpc) is 2.75. The van der Waals surface area contributed by atoms with Crippen LogP contribution in [-0.2, 0) is 19.1 Å². The van der Waals surface area contributed by atoms with Crippen molar-refractivity contribution in [2.45, 2.75) is 32.7 Å². The Bertz CT molecular complexity index is 431. The Hall–Kier alpha value is -1.59. The molecule has 3 unspecified atom stereocenters. The van der Waals surface area contributed by atoms with Gasteiger partial charge in [0.1, 0.15) is 6.04 Å². The number of likely N-dealkylation sites (tertiary alicyclic amines) is 1. The summed E-state index contributed by atoms with van der Waals surface area (Å²) in [6.45, 7) is 4.05. The van der Waals surface area contributed by atoms with Crippen molar-refractivity contribution in [3.63, 3.8) is 0 Å². The molecule has 0 aromatic carbocycles. The molecular formula is C13H19NO5. The highest BCUT2D eigenvalue weighted by Crippen LogP contribution is 2.59. The molecule has 0 spiro atoms. The van der Waals surface area contributed by atoms with Gasteiger partial charge in [-0.15, -0.1) is 0 Å². The van der Waals surface area contributed by atoms with Crippen molar-refractivity contribution in [3.05, 3.63) is 0 Å². The maximum absolute atomic E-state index is 12.4. The van der Waals surface area contributed by atoms with Gasteiger partial charge in [-0.1, -0.05) is 13.8 Å². The Balaban J connectivity index is 2.13. The van der Waals surface area contributed by atoms with Crippen LogP contribution in [0.15, 0.2) is 0 Å². The Morgan fingerprint density at radius 1 is 1.26 bits per heavy atom. The summed E-state index contributed by atoms with van der Waals surface area (Å²) in [4.78, 5) is 36.6. The van der Waals surface area contributed by atoms with E-state index in [-0.39, 0.29) is 5.91 Å². The lowest BCUT2D eigenvalue weighted by Crippen LogP contribution is -2.42. The fourth-order valence-corrected chi connectivity index (χ4v) is 3.15. The van der Waals surface area contributed by atoms with Crippen molar-refractivity contribution in [2.75, 3.05) is 13.7 Å². The molecule has 1 heterocycles. The topological polar surface area (TPSA) is 83.9 Å². The van der Waals surface area contributed by atoms with Crippen LogP contribution in [0, 0.1) is 17.3 Å². The van der Waals surface area contributed by atoms with E-state index < -0.39 is 35.2 Å². The highest BCUT2D eigenvalue weighted by molar-refractivity contribution is 5.94. The molecule has 1 aliphatic carbocycles. The smallest absolute Gasteiger partial charge is 0.328 e. The number of hydrogen-bond acceptors (Lipinski definition) is 4. The first-order valence-corrected chi connectivity index (χ1v) is 6.43. The van der Waals surface area contributed by atoms with E-state index in [4.69, 9.17) is 9.84 Å². The fraction of sp³-hybridized carbons (Fsp3) is 0.769. The quantitative estimate of drug-likeness (QED) is 0.754. The number of carboxylic acid groups (broad SMARTS) is 1. The second-order valence-electron chi connectivity index (χ2n) is 5.83. The molecule has 2 fully saturated rings. The van der Waals surface area contributed by atoms with Crippen LogP contribution in [0.2, 0.25) is 0 Å². The summed E-state index contributed by atoms with van der Waals surface area (Å²) in [5.41, 5.74) is -0.536. The third-order valence-electron chi connectivity index (χ3n) is 4.37. The summed E-state index contributed by atoms with van der Waals surface area (Å²) < 4.78 is 4.69. The van der Waals surface area contributed by atoms with E-state index in [1.165, 1.54) is 12.0 Å². The number of aliphatic carboxylic acids is 1. The molecule has 6 heteroatoms. The summed E-state index contributed by atoms with van der Waals surface area (Å²) in [6.07, 6.45) is 1.33. The molecule has 1 saturated heterocycles. The van der Waals surface area contributed by atoms with Crippen LogP contribution in [0.5, 0.6) is 0 Å². The molecule has 0 aromatic heterocycles. The van der Waals surface area contributed by atoms with Gasteiger partial charge < -0.3 is 14.7 Å². The fourth-order valence-electron chi connectivity index (χ4n) is 3.15. The lowest BCUT2D eigenvalue weighted by molar-refractivity contribution is -0.152. The predicted octanol–water partition coefficient (Wildman–Crippen LogP) is 0.507. The van der Waals surface area contributed by atoms with Gasteiger partial charge in [0, 0.05) is 6.54 Å². The van der Waals surface area contributed by atoms with Crippen LogP contribution in [0.3, 0.4) is 0 Å². The molecule has 2 aliphatic rings. The second-order valence-corrected chi connectivity index (χ2v) is 5.83. The third kappa shape index (κ3) is 2.09. The van der Waals surface area contributed by atoms with Crippen molar-refractivity contribution in [1.29, 1.82) is 0 Å². The Kier molecular flexibility index (Phi) is 3.28. The van der Waals surface area contributed by atoms with Gasteiger partial charge in [0.25, 0.3) is 0 Å². The standard InChI is InChI=1S/C13H19NO5/c1-13(2)8(9(13)11(16)17)10(15)14-6-4-5-7(14)12(18)19-3/h7-9H,4-6H2,1-3H3,(H,16,17). The number of hydrogen-bond donors (Lipinski definition) is 1. The number of amides is 1. The second kappa shape index (κ2) is 4.51. The van der Waals surface area contributed by atoms with Gasteiger partial charge in [-0.25, -0.2) is 4.79 Å². The van der Waals surface area contributed by atoms with Gasteiger partial charge in [-0.3, -0.25) is 9.59 Å². The molecule has 6 nitrogen and oxygen atoms in total. The van der Waals surface area contributed by atoms with E-state index in [0.29, 0.717) is 13.0 Å². The maximum Gasteiger partial charge on any atom is 0.328 e. The zero-order valence-electron chi connectivity index (χ0n) is 11.4. The van der Waals surface area contributed by atoms with E-state index in [1.807, 2.05) is 0 Å². The molecule has 0 aromatic rings. The van der Waals surface area contributed by atoms with Gasteiger partial charge in [-0.2, -0.15) is 0 Å². The molecule has 19 heavy (non-hydrogen) atoms. The number of methoxy groups -OCH3 is 1. The number of carboxylic acids is 1. The zero-order valence-corrected chi connectivity index (χ0v) is 11.4. The van der Waals surface area contributed by atoms with Gasteiger partial charge >= 0.3 is 11.9 Å². The third-order valence-corrected chi connectivity index (χ3v) is 4.37. The van der Waals surface area contributed by atoms with Crippen LogP contribution in [-0.4, -0.2) is 47.5 Å².